The summed E-state index contributed by atoms with van der Waals surface area (Å²) >= 11 is 0. The lowest BCUT2D eigenvalue weighted by atomic mass is 9.98. The second-order valence-corrected chi connectivity index (χ2v) is 10.0. The topological polar surface area (TPSA) is 109 Å². The van der Waals surface area contributed by atoms with Crippen molar-refractivity contribution in [1.82, 2.24) is 24.7 Å². The molecule has 0 saturated carbocycles. The molecule has 2 N–H and O–H groups in total. The maximum atomic E-state index is 14.1. The first-order valence-electron chi connectivity index (χ1n) is 12.6. The van der Waals surface area contributed by atoms with Gasteiger partial charge in [-0.05, 0) is 39.0 Å². The highest BCUT2D eigenvalue weighted by atomic mass is 19.1. The molecule has 9 nitrogen and oxygen atoms in total. The maximum absolute atomic E-state index is 14.1. The molecule has 11 heteroatoms. The number of rotatable bonds is 7. The number of hydrogen-bond donors (Lipinski definition) is 2. The van der Waals surface area contributed by atoms with Gasteiger partial charge in [-0.15, -0.1) is 0 Å². The zero-order chi connectivity index (χ0) is 27.0. The lowest BCUT2D eigenvalue weighted by Crippen LogP contribution is -2.39. The standard InChI is InChI=1S/C27H30F2N6O3/c1-4-35-15-16(13-31-35)24-26(33-22-14-30-21(12-20(22)32-24)25(36)27(2,3)37)34-9-7-18(8-10-34)38-23-6-5-17(28)11-19(23)29/h5-6,11-15,18,25,36-37H,4,7-10H2,1-3H3/t25-/m1/s1. The number of benzene rings is 1. The quantitative estimate of drug-likeness (QED) is 0.373. The average molecular weight is 525 g/mol. The van der Waals surface area contributed by atoms with Crippen LogP contribution in [-0.4, -0.2) is 59.7 Å². The first-order valence-corrected chi connectivity index (χ1v) is 12.6. The Kier molecular flexibility index (Phi) is 6.97. The highest BCUT2D eigenvalue weighted by Gasteiger charge is 2.29. The molecule has 1 saturated heterocycles. The molecule has 1 atom stereocenters. The van der Waals surface area contributed by atoms with Crippen LogP contribution in [0, 0.1) is 11.6 Å². The van der Waals surface area contributed by atoms with Gasteiger partial charge in [0.15, 0.2) is 17.4 Å². The molecule has 1 aromatic carbocycles. The fourth-order valence-electron chi connectivity index (χ4n) is 4.49. The number of fused-ring (bicyclic) bond motifs is 1. The van der Waals surface area contributed by atoms with Gasteiger partial charge in [0.2, 0.25) is 0 Å². The molecule has 3 aromatic heterocycles. The van der Waals surface area contributed by atoms with Crippen molar-refractivity contribution in [2.75, 3.05) is 18.0 Å². The van der Waals surface area contributed by atoms with E-state index in [0.29, 0.717) is 60.7 Å². The molecule has 1 aliphatic heterocycles. The number of aryl methyl sites for hydroxylation is 1. The maximum Gasteiger partial charge on any atom is 0.167 e. The Hall–Kier alpha value is -3.70. The minimum Gasteiger partial charge on any atom is -0.487 e. The van der Waals surface area contributed by atoms with Crippen molar-refractivity contribution < 1.29 is 23.7 Å². The second-order valence-electron chi connectivity index (χ2n) is 10.0. The highest BCUT2D eigenvalue weighted by Crippen LogP contribution is 2.33. The molecule has 5 rings (SSSR count). The van der Waals surface area contributed by atoms with Crippen LogP contribution in [0.3, 0.4) is 0 Å². The molecule has 0 radical (unpaired) electrons. The third kappa shape index (κ3) is 5.30. The van der Waals surface area contributed by atoms with E-state index in [2.05, 4.69) is 15.0 Å². The van der Waals surface area contributed by atoms with Gasteiger partial charge in [-0.1, -0.05) is 0 Å². The summed E-state index contributed by atoms with van der Waals surface area (Å²) < 4.78 is 34.9. The summed E-state index contributed by atoms with van der Waals surface area (Å²) in [6, 6.07) is 4.95. The predicted octanol–water partition coefficient (Wildman–Crippen LogP) is 4.04. The molecule has 4 aromatic rings. The number of anilines is 1. The molecule has 0 spiro atoms. The Labute approximate surface area is 218 Å². The first-order chi connectivity index (χ1) is 18.1. The normalized spacial score (nSPS) is 15.7. The molecular formula is C27H30F2N6O3. The van der Waals surface area contributed by atoms with E-state index >= 15 is 0 Å². The van der Waals surface area contributed by atoms with E-state index in [0.717, 1.165) is 11.6 Å². The number of pyridine rings is 1. The minimum atomic E-state index is -1.37. The number of aliphatic hydroxyl groups is 2. The smallest absolute Gasteiger partial charge is 0.167 e. The van der Waals surface area contributed by atoms with Crippen molar-refractivity contribution in [2.45, 2.75) is 58.0 Å². The van der Waals surface area contributed by atoms with Gasteiger partial charge >= 0.3 is 0 Å². The third-order valence-corrected chi connectivity index (χ3v) is 6.66. The van der Waals surface area contributed by atoms with E-state index in [1.54, 1.807) is 23.1 Å². The number of aliphatic hydroxyl groups excluding tert-OH is 1. The molecule has 0 aliphatic carbocycles. The van der Waals surface area contributed by atoms with Crippen molar-refractivity contribution in [3.8, 4) is 17.0 Å². The van der Waals surface area contributed by atoms with Crippen LogP contribution in [0.15, 0.2) is 42.9 Å². The van der Waals surface area contributed by atoms with E-state index in [4.69, 9.17) is 14.7 Å². The predicted molar refractivity (Wildman–Crippen MR) is 138 cm³/mol. The van der Waals surface area contributed by atoms with Gasteiger partial charge in [-0.25, -0.2) is 18.7 Å². The number of piperidine rings is 1. The summed E-state index contributed by atoms with van der Waals surface area (Å²) in [4.78, 5) is 16.2. The summed E-state index contributed by atoms with van der Waals surface area (Å²) in [6.45, 7) is 6.90. The monoisotopic (exact) mass is 524 g/mol. The Bertz CT molecular complexity index is 1450. The summed E-state index contributed by atoms with van der Waals surface area (Å²) in [5.41, 5.74) is 1.44. The SMILES string of the molecule is CCn1cc(-c2nc3cc([C@@H](O)C(C)(C)O)ncc3nc2N2CCC(Oc3ccc(F)cc3F)CC2)cn1. The number of hydrogen-bond acceptors (Lipinski definition) is 8. The summed E-state index contributed by atoms with van der Waals surface area (Å²) in [5, 5.41) is 25.2. The summed E-state index contributed by atoms with van der Waals surface area (Å²) in [5.74, 6) is -0.658. The first kappa shape index (κ1) is 25.9. The Morgan fingerprint density at radius 2 is 1.87 bits per heavy atom. The number of nitrogens with zero attached hydrogens (tertiary/aromatic N) is 6. The molecule has 0 amide bonds. The lowest BCUT2D eigenvalue weighted by molar-refractivity contribution is -0.0516. The van der Waals surface area contributed by atoms with E-state index < -0.39 is 23.3 Å². The van der Waals surface area contributed by atoms with E-state index in [1.807, 2.05) is 13.1 Å². The molecule has 200 valence electrons. The van der Waals surface area contributed by atoms with E-state index in [1.165, 1.54) is 26.0 Å². The fourth-order valence-corrected chi connectivity index (χ4v) is 4.49. The Morgan fingerprint density at radius 3 is 2.53 bits per heavy atom. The van der Waals surface area contributed by atoms with E-state index in [-0.39, 0.29) is 11.9 Å². The van der Waals surface area contributed by atoms with Crippen LogP contribution in [0.5, 0.6) is 5.75 Å². The van der Waals surface area contributed by atoms with Crippen molar-refractivity contribution >= 4 is 16.9 Å². The van der Waals surface area contributed by atoms with Gasteiger partial charge < -0.3 is 19.8 Å². The van der Waals surface area contributed by atoms with Gasteiger partial charge in [0.05, 0.1) is 29.2 Å². The molecule has 0 bridgehead atoms. The molecule has 1 fully saturated rings. The van der Waals surface area contributed by atoms with E-state index in [9.17, 15) is 19.0 Å². The highest BCUT2D eigenvalue weighted by molar-refractivity contribution is 5.83. The molecule has 0 unspecified atom stereocenters. The lowest BCUT2D eigenvalue weighted by Gasteiger charge is -2.33. The number of aromatic nitrogens is 5. The summed E-state index contributed by atoms with van der Waals surface area (Å²) in [7, 11) is 0. The number of ether oxygens (including phenoxy) is 1. The van der Waals surface area contributed by atoms with Crippen LogP contribution in [-0.2, 0) is 6.54 Å². The van der Waals surface area contributed by atoms with Crippen LogP contribution in [0.1, 0.15) is 45.4 Å². The fraction of sp³-hybridized carbons (Fsp3) is 0.407. The van der Waals surface area contributed by atoms with Gasteiger partial charge in [-0.2, -0.15) is 5.10 Å². The van der Waals surface area contributed by atoms with Crippen molar-refractivity contribution in [2.24, 2.45) is 0 Å². The largest absolute Gasteiger partial charge is 0.487 e. The minimum absolute atomic E-state index is 0.0399. The van der Waals surface area contributed by atoms with Crippen LogP contribution in [0.2, 0.25) is 0 Å². The van der Waals surface area contributed by atoms with Crippen LogP contribution >= 0.6 is 0 Å². The zero-order valence-corrected chi connectivity index (χ0v) is 21.5. The van der Waals surface area contributed by atoms with Crippen LogP contribution < -0.4 is 9.64 Å². The van der Waals surface area contributed by atoms with Crippen molar-refractivity contribution in [3.05, 3.63) is 60.2 Å². The Balaban J connectivity index is 1.45. The van der Waals surface area contributed by atoms with Gasteiger partial charge in [0.1, 0.15) is 29.2 Å². The third-order valence-electron chi connectivity index (χ3n) is 6.66. The van der Waals surface area contributed by atoms with Crippen molar-refractivity contribution in [1.29, 1.82) is 0 Å². The second kappa shape index (κ2) is 10.2. The van der Waals surface area contributed by atoms with Crippen LogP contribution in [0.4, 0.5) is 14.6 Å². The van der Waals surface area contributed by atoms with Gasteiger partial charge in [0, 0.05) is 50.3 Å². The summed E-state index contributed by atoms with van der Waals surface area (Å²) in [6.07, 6.45) is 4.99. The van der Waals surface area contributed by atoms with Crippen LogP contribution in [0.25, 0.3) is 22.3 Å². The molecule has 38 heavy (non-hydrogen) atoms. The Morgan fingerprint density at radius 1 is 1.11 bits per heavy atom. The van der Waals surface area contributed by atoms with Gasteiger partial charge in [-0.3, -0.25) is 9.67 Å². The number of halogens is 2. The average Bonchev–Trinajstić information content (AvgIpc) is 3.38. The van der Waals surface area contributed by atoms with Gasteiger partial charge in [0.25, 0.3) is 0 Å². The molecule has 1 aliphatic rings. The molecule has 4 heterocycles. The zero-order valence-electron chi connectivity index (χ0n) is 21.5. The van der Waals surface area contributed by atoms with Crippen molar-refractivity contribution in [3.63, 3.8) is 0 Å². The molecular weight excluding hydrogens is 494 g/mol.